The van der Waals surface area contributed by atoms with Gasteiger partial charge in [0.1, 0.15) is 4.90 Å². The van der Waals surface area contributed by atoms with E-state index in [1.54, 1.807) is 31.3 Å². The summed E-state index contributed by atoms with van der Waals surface area (Å²) in [4.78, 5) is 0.185. The highest BCUT2D eigenvalue weighted by Gasteiger charge is 2.26. The van der Waals surface area contributed by atoms with Crippen molar-refractivity contribution >= 4 is 15.7 Å². The minimum Gasteiger partial charge on any atom is -0.398 e. The molecule has 2 rings (SSSR count). The molecule has 6 heteroatoms. The Morgan fingerprint density at radius 3 is 2.58 bits per heavy atom. The molecule has 5 nitrogen and oxygen atoms in total. The molecule has 0 spiro atoms. The summed E-state index contributed by atoms with van der Waals surface area (Å²) in [6.07, 6.45) is 1.81. The molecule has 106 valence electrons. The number of nitrogen functional groups attached to an aromatic ring is 1. The van der Waals surface area contributed by atoms with Crippen LogP contribution in [0.4, 0.5) is 5.69 Å². The zero-order valence-corrected chi connectivity index (χ0v) is 11.9. The first-order valence-corrected chi connectivity index (χ1v) is 7.84. The number of hydrogen-bond donors (Lipinski definition) is 1. The molecule has 1 aromatic rings. The molecule has 0 unspecified atom stereocenters. The number of hydrogen-bond acceptors (Lipinski definition) is 4. The van der Waals surface area contributed by atoms with E-state index in [2.05, 4.69) is 0 Å². The van der Waals surface area contributed by atoms with Gasteiger partial charge in [0.25, 0.3) is 0 Å². The molecule has 1 heterocycles. The lowest BCUT2D eigenvalue weighted by Gasteiger charge is -2.27. The molecule has 0 radical (unpaired) electrons. The number of nitrogens with two attached hydrogens (primary N) is 1. The van der Waals surface area contributed by atoms with Crippen LogP contribution in [0, 0.1) is 5.92 Å². The Labute approximate surface area is 114 Å². The average Bonchev–Trinajstić information content (AvgIpc) is 2.40. The Kier molecular flexibility index (Phi) is 4.44. The summed E-state index contributed by atoms with van der Waals surface area (Å²) in [5.74, 6) is 0.360. The summed E-state index contributed by atoms with van der Waals surface area (Å²) < 4.78 is 31.6. The SMILES string of the molecule is CN(CC1CCOCC1)S(=O)(=O)c1ccccc1N. The number of benzene rings is 1. The Balaban J connectivity index is 2.13. The van der Waals surface area contributed by atoms with Crippen molar-refractivity contribution in [3.63, 3.8) is 0 Å². The van der Waals surface area contributed by atoms with Crippen molar-refractivity contribution in [1.82, 2.24) is 4.31 Å². The van der Waals surface area contributed by atoms with Crippen molar-refractivity contribution < 1.29 is 13.2 Å². The highest BCUT2D eigenvalue weighted by Crippen LogP contribution is 2.23. The fraction of sp³-hybridized carbons (Fsp3) is 0.538. The molecular weight excluding hydrogens is 264 g/mol. The monoisotopic (exact) mass is 284 g/mol. The lowest BCUT2D eigenvalue weighted by Crippen LogP contribution is -2.34. The third-order valence-corrected chi connectivity index (χ3v) is 5.36. The van der Waals surface area contributed by atoms with E-state index < -0.39 is 10.0 Å². The first-order valence-electron chi connectivity index (χ1n) is 6.40. The van der Waals surface area contributed by atoms with Crippen LogP contribution in [0.5, 0.6) is 0 Å². The second-order valence-corrected chi connectivity index (χ2v) is 6.89. The predicted octanol–water partition coefficient (Wildman–Crippen LogP) is 1.32. The van der Waals surface area contributed by atoms with Gasteiger partial charge in [0.2, 0.25) is 10.0 Å². The van der Waals surface area contributed by atoms with Crippen LogP contribution in [0.3, 0.4) is 0 Å². The first kappa shape index (κ1) is 14.3. The lowest BCUT2D eigenvalue weighted by molar-refractivity contribution is 0.0620. The van der Waals surface area contributed by atoms with Crippen molar-refractivity contribution in [3.8, 4) is 0 Å². The van der Waals surface area contributed by atoms with Gasteiger partial charge in [-0.1, -0.05) is 12.1 Å². The average molecular weight is 284 g/mol. The van der Waals surface area contributed by atoms with E-state index >= 15 is 0 Å². The maximum atomic E-state index is 12.4. The molecule has 0 bridgehead atoms. The predicted molar refractivity (Wildman–Crippen MR) is 74.2 cm³/mol. The van der Waals surface area contributed by atoms with Gasteiger partial charge in [0, 0.05) is 26.8 Å². The summed E-state index contributed by atoms with van der Waals surface area (Å²) in [6.45, 7) is 1.94. The quantitative estimate of drug-likeness (QED) is 0.846. The van der Waals surface area contributed by atoms with Crippen LogP contribution < -0.4 is 5.73 Å². The van der Waals surface area contributed by atoms with Gasteiger partial charge in [-0.2, -0.15) is 0 Å². The smallest absolute Gasteiger partial charge is 0.244 e. The van der Waals surface area contributed by atoms with Crippen molar-refractivity contribution in [2.45, 2.75) is 17.7 Å². The van der Waals surface area contributed by atoms with E-state index in [-0.39, 0.29) is 4.90 Å². The molecule has 1 aliphatic rings. The van der Waals surface area contributed by atoms with Crippen LogP contribution in [0.25, 0.3) is 0 Å². The maximum Gasteiger partial charge on any atom is 0.244 e. The number of ether oxygens (including phenoxy) is 1. The summed E-state index contributed by atoms with van der Waals surface area (Å²) >= 11 is 0. The van der Waals surface area contributed by atoms with Crippen LogP contribution in [-0.2, 0) is 14.8 Å². The van der Waals surface area contributed by atoms with Crippen molar-refractivity contribution in [2.24, 2.45) is 5.92 Å². The third-order valence-electron chi connectivity index (χ3n) is 3.46. The lowest BCUT2D eigenvalue weighted by atomic mass is 10.0. The fourth-order valence-electron chi connectivity index (χ4n) is 2.27. The Hall–Kier alpha value is -1.11. The van der Waals surface area contributed by atoms with Crippen LogP contribution in [-0.4, -0.2) is 39.5 Å². The van der Waals surface area contributed by atoms with Gasteiger partial charge in [-0.05, 0) is 30.9 Å². The third kappa shape index (κ3) is 3.26. The molecule has 1 fully saturated rings. The largest absolute Gasteiger partial charge is 0.398 e. The van der Waals surface area contributed by atoms with Gasteiger partial charge in [-0.15, -0.1) is 0 Å². The van der Waals surface area contributed by atoms with E-state index in [9.17, 15) is 8.42 Å². The molecule has 19 heavy (non-hydrogen) atoms. The summed E-state index contributed by atoms with van der Waals surface area (Å²) in [6, 6.07) is 6.57. The van der Waals surface area contributed by atoms with Gasteiger partial charge in [0.15, 0.2) is 0 Å². The molecule has 0 aromatic heterocycles. The number of sulfonamides is 1. The molecule has 0 atom stereocenters. The highest BCUT2D eigenvalue weighted by molar-refractivity contribution is 7.89. The van der Waals surface area contributed by atoms with E-state index in [4.69, 9.17) is 10.5 Å². The van der Waals surface area contributed by atoms with Crippen LogP contribution in [0.1, 0.15) is 12.8 Å². The molecule has 1 saturated heterocycles. The summed E-state index contributed by atoms with van der Waals surface area (Å²) in [5.41, 5.74) is 6.04. The maximum absolute atomic E-state index is 12.4. The second kappa shape index (κ2) is 5.90. The second-order valence-electron chi connectivity index (χ2n) is 4.88. The molecule has 0 amide bonds. The number of nitrogens with zero attached hydrogens (tertiary/aromatic N) is 1. The van der Waals surface area contributed by atoms with E-state index in [1.165, 1.54) is 4.31 Å². The standard InChI is InChI=1S/C13H20N2O3S/c1-15(10-11-6-8-18-9-7-11)19(16,17)13-5-3-2-4-12(13)14/h2-5,11H,6-10,14H2,1H3. The van der Waals surface area contributed by atoms with Gasteiger partial charge >= 0.3 is 0 Å². The van der Waals surface area contributed by atoms with Crippen molar-refractivity contribution in [3.05, 3.63) is 24.3 Å². The number of rotatable bonds is 4. The molecule has 1 aliphatic heterocycles. The zero-order valence-electron chi connectivity index (χ0n) is 11.1. The first-order chi connectivity index (χ1) is 9.01. The van der Waals surface area contributed by atoms with Crippen LogP contribution >= 0.6 is 0 Å². The molecular formula is C13H20N2O3S. The summed E-state index contributed by atoms with van der Waals surface area (Å²) in [5, 5.41) is 0. The molecule has 0 aliphatic carbocycles. The molecule has 1 aromatic carbocycles. The Bertz CT molecular complexity index is 524. The fourth-order valence-corrected chi connectivity index (χ4v) is 3.63. The van der Waals surface area contributed by atoms with Crippen molar-refractivity contribution in [1.29, 1.82) is 0 Å². The molecule has 0 saturated carbocycles. The van der Waals surface area contributed by atoms with Gasteiger partial charge in [0.05, 0.1) is 5.69 Å². The van der Waals surface area contributed by atoms with Gasteiger partial charge < -0.3 is 10.5 Å². The minimum atomic E-state index is -3.50. The normalized spacial score (nSPS) is 17.8. The van der Waals surface area contributed by atoms with Gasteiger partial charge in [-0.3, -0.25) is 0 Å². The highest BCUT2D eigenvalue weighted by atomic mass is 32.2. The van der Waals surface area contributed by atoms with Crippen LogP contribution in [0.15, 0.2) is 29.2 Å². The minimum absolute atomic E-state index is 0.185. The Morgan fingerprint density at radius 1 is 1.32 bits per heavy atom. The van der Waals surface area contributed by atoms with E-state index in [0.29, 0.717) is 31.4 Å². The van der Waals surface area contributed by atoms with E-state index in [0.717, 1.165) is 12.8 Å². The number of para-hydroxylation sites is 1. The zero-order chi connectivity index (χ0) is 13.9. The summed E-state index contributed by atoms with van der Waals surface area (Å²) in [7, 11) is -1.89. The van der Waals surface area contributed by atoms with Crippen LogP contribution in [0.2, 0.25) is 0 Å². The van der Waals surface area contributed by atoms with Gasteiger partial charge in [-0.25, -0.2) is 12.7 Å². The van der Waals surface area contributed by atoms with E-state index in [1.807, 2.05) is 0 Å². The Morgan fingerprint density at radius 2 is 1.95 bits per heavy atom. The number of anilines is 1. The molecule has 2 N–H and O–H groups in total. The van der Waals surface area contributed by atoms with Crippen molar-refractivity contribution in [2.75, 3.05) is 32.5 Å². The topological polar surface area (TPSA) is 72.6 Å².